The number of carboxylic acid groups (broad SMARTS) is 1. The molecule has 0 saturated heterocycles. The molecule has 0 aliphatic carbocycles. The van der Waals surface area contributed by atoms with Crippen LogP contribution >= 0.6 is 0 Å². The number of carbonyl (C=O) groups excluding carboxylic acids is 1. The monoisotopic (exact) mass is 232 g/mol. The predicted octanol–water partition coefficient (Wildman–Crippen LogP) is 0.481. The van der Waals surface area contributed by atoms with E-state index in [2.05, 4.69) is 15.1 Å². The summed E-state index contributed by atoms with van der Waals surface area (Å²) in [5, 5.41) is 12.6. The summed E-state index contributed by atoms with van der Waals surface area (Å²) in [7, 11) is 0. The molecule has 0 aliphatic rings. The predicted molar refractivity (Wildman–Crippen MR) is 56.2 cm³/mol. The highest BCUT2D eigenvalue weighted by atomic mass is 16.4. The van der Waals surface area contributed by atoms with Crippen LogP contribution in [-0.4, -0.2) is 37.1 Å². The minimum atomic E-state index is -1.14. The second-order valence-corrected chi connectivity index (χ2v) is 3.32. The molecule has 2 aromatic rings. The molecule has 2 aromatic heterocycles. The van der Waals surface area contributed by atoms with Gasteiger partial charge in [-0.1, -0.05) is 0 Å². The van der Waals surface area contributed by atoms with Crippen molar-refractivity contribution < 1.29 is 14.7 Å². The Morgan fingerprint density at radius 3 is 2.65 bits per heavy atom. The zero-order chi connectivity index (χ0) is 12.4. The van der Waals surface area contributed by atoms with Gasteiger partial charge in [0.25, 0.3) is 0 Å². The quantitative estimate of drug-likeness (QED) is 0.773. The van der Waals surface area contributed by atoms with E-state index in [0.29, 0.717) is 23.4 Å². The average molecular weight is 232 g/mol. The Bertz CT molecular complexity index is 574. The van der Waals surface area contributed by atoms with Crippen LogP contribution in [0.3, 0.4) is 0 Å². The summed E-state index contributed by atoms with van der Waals surface area (Å²) >= 11 is 0. The molecule has 0 fully saturated rings. The Kier molecular flexibility index (Phi) is 2.65. The van der Waals surface area contributed by atoms with Gasteiger partial charge in [-0.25, -0.2) is 19.4 Å². The number of rotatable bonds is 3. The molecule has 0 amide bonds. The molecule has 0 saturated carbocycles. The largest absolute Gasteiger partial charge is 0.476 e. The van der Waals surface area contributed by atoms with Gasteiger partial charge in [-0.15, -0.1) is 0 Å². The second kappa shape index (κ2) is 4.12. The lowest BCUT2D eigenvalue weighted by Crippen LogP contribution is -2.05. The summed E-state index contributed by atoms with van der Waals surface area (Å²) in [4.78, 5) is 28.8. The van der Waals surface area contributed by atoms with Gasteiger partial charge in [-0.3, -0.25) is 4.79 Å². The number of nitrogens with zero attached hydrogens (tertiary/aromatic N) is 4. The van der Waals surface area contributed by atoms with Crippen LogP contribution in [-0.2, 0) is 0 Å². The van der Waals surface area contributed by atoms with Crippen LogP contribution in [0.2, 0.25) is 0 Å². The molecule has 7 nitrogen and oxygen atoms in total. The van der Waals surface area contributed by atoms with E-state index in [-0.39, 0.29) is 5.69 Å². The SMILES string of the molecule is Cc1cn(-c2cnc(C(=O)O)cn2)nc1C=O. The lowest BCUT2D eigenvalue weighted by atomic mass is 10.3. The van der Waals surface area contributed by atoms with Gasteiger partial charge in [0.2, 0.25) is 0 Å². The smallest absolute Gasteiger partial charge is 0.356 e. The van der Waals surface area contributed by atoms with E-state index in [9.17, 15) is 9.59 Å². The Morgan fingerprint density at radius 2 is 2.18 bits per heavy atom. The highest BCUT2D eigenvalue weighted by Gasteiger charge is 2.08. The first-order chi connectivity index (χ1) is 8.11. The highest BCUT2D eigenvalue weighted by molar-refractivity contribution is 5.84. The first-order valence-corrected chi connectivity index (χ1v) is 4.69. The molecule has 1 N–H and O–H groups in total. The van der Waals surface area contributed by atoms with Crippen LogP contribution in [0.4, 0.5) is 0 Å². The van der Waals surface area contributed by atoms with Crippen molar-refractivity contribution in [3.8, 4) is 5.82 Å². The standard InChI is InChI=1S/C10H8N4O3/c1-6-4-14(13-8(6)5-15)9-3-11-7(2-12-9)10(16)17/h2-5H,1H3,(H,16,17). The Morgan fingerprint density at radius 1 is 1.41 bits per heavy atom. The van der Waals surface area contributed by atoms with Crippen molar-refractivity contribution in [2.24, 2.45) is 0 Å². The van der Waals surface area contributed by atoms with Crippen LogP contribution < -0.4 is 0 Å². The zero-order valence-electron chi connectivity index (χ0n) is 8.86. The number of aryl methyl sites for hydroxylation is 1. The summed E-state index contributed by atoms with van der Waals surface area (Å²) in [6, 6.07) is 0. The minimum Gasteiger partial charge on any atom is -0.476 e. The summed E-state index contributed by atoms with van der Waals surface area (Å²) in [6.45, 7) is 1.74. The number of hydrogen-bond acceptors (Lipinski definition) is 5. The topological polar surface area (TPSA) is 98.0 Å². The molecule has 2 rings (SSSR count). The molecular formula is C10H8N4O3. The van der Waals surface area contributed by atoms with Crippen LogP contribution in [0, 0.1) is 6.92 Å². The van der Waals surface area contributed by atoms with Crippen LogP contribution in [0.15, 0.2) is 18.6 Å². The number of carbonyl (C=O) groups is 2. The summed E-state index contributed by atoms with van der Waals surface area (Å²) < 4.78 is 1.37. The fraction of sp³-hybridized carbons (Fsp3) is 0.100. The van der Waals surface area contributed by atoms with Gasteiger partial charge >= 0.3 is 5.97 Å². The van der Waals surface area contributed by atoms with Crippen molar-refractivity contribution in [1.29, 1.82) is 0 Å². The first-order valence-electron chi connectivity index (χ1n) is 4.69. The average Bonchev–Trinajstić information content (AvgIpc) is 2.70. The van der Waals surface area contributed by atoms with E-state index in [4.69, 9.17) is 5.11 Å². The molecule has 86 valence electrons. The summed E-state index contributed by atoms with van der Waals surface area (Å²) in [6.07, 6.45) is 4.68. The second-order valence-electron chi connectivity index (χ2n) is 3.32. The van der Waals surface area contributed by atoms with Gasteiger partial charge in [0.05, 0.1) is 12.4 Å². The number of aromatic carboxylic acids is 1. The zero-order valence-corrected chi connectivity index (χ0v) is 8.86. The number of hydrogen-bond donors (Lipinski definition) is 1. The van der Waals surface area contributed by atoms with Gasteiger partial charge in [0.15, 0.2) is 17.8 Å². The van der Waals surface area contributed by atoms with E-state index in [1.54, 1.807) is 13.1 Å². The van der Waals surface area contributed by atoms with Crippen molar-refractivity contribution in [2.45, 2.75) is 6.92 Å². The number of aldehydes is 1. The molecule has 0 bridgehead atoms. The Labute approximate surface area is 95.7 Å². The molecule has 0 aliphatic heterocycles. The fourth-order valence-corrected chi connectivity index (χ4v) is 1.26. The highest BCUT2D eigenvalue weighted by Crippen LogP contribution is 2.07. The molecule has 0 spiro atoms. The van der Waals surface area contributed by atoms with Crippen molar-refractivity contribution in [3.63, 3.8) is 0 Å². The van der Waals surface area contributed by atoms with Gasteiger partial charge in [0, 0.05) is 6.20 Å². The van der Waals surface area contributed by atoms with E-state index in [1.165, 1.54) is 10.9 Å². The molecule has 0 atom stereocenters. The third-order valence-electron chi connectivity index (χ3n) is 2.14. The first kappa shape index (κ1) is 10.9. The van der Waals surface area contributed by atoms with Crippen molar-refractivity contribution >= 4 is 12.3 Å². The maximum absolute atomic E-state index is 10.6. The third kappa shape index (κ3) is 2.03. The maximum atomic E-state index is 10.6. The van der Waals surface area contributed by atoms with Crippen molar-refractivity contribution in [2.75, 3.05) is 0 Å². The van der Waals surface area contributed by atoms with Crippen LogP contribution in [0.5, 0.6) is 0 Å². The van der Waals surface area contributed by atoms with Gasteiger partial charge in [-0.2, -0.15) is 5.10 Å². The van der Waals surface area contributed by atoms with E-state index in [1.807, 2.05) is 0 Å². The number of carboxylic acids is 1. The maximum Gasteiger partial charge on any atom is 0.356 e. The van der Waals surface area contributed by atoms with Gasteiger partial charge in [-0.05, 0) is 12.5 Å². The van der Waals surface area contributed by atoms with Crippen molar-refractivity contribution in [1.82, 2.24) is 19.7 Å². The number of aromatic nitrogens is 4. The van der Waals surface area contributed by atoms with Crippen molar-refractivity contribution in [3.05, 3.63) is 35.5 Å². The van der Waals surface area contributed by atoms with E-state index >= 15 is 0 Å². The third-order valence-corrected chi connectivity index (χ3v) is 2.14. The van der Waals surface area contributed by atoms with Gasteiger partial charge < -0.3 is 5.11 Å². The lowest BCUT2D eigenvalue weighted by molar-refractivity contribution is 0.0690. The molecule has 7 heteroatoms. The van der Waals surface area contributed by atoms with E-state index in [0.717, 1.165) is 6.20 Å². The fourth-order valence-electron chi connectivity index (χ4n) is 1.26. The molecule has 0 unspecified atom stereocenters. The molecule has 17 heavy (non-hydrogen) atoms. The molecular weight excluding hydrogens is 224 g/mol. The molecule has 0 aromatic carbocycles. The van der Waals surface area contributed by atoms with Gasteiger partial charge in [0.1, 0.15) is 5.69 Å². The summed E-state index contributed by atoms with van der Waals surface area (Å²) in [5.74, 6) is -0.791. The molecule has 2 heterocycles. The Balaban J connectivity index is 2.39. The van der Waals surface area contributed by atoms with Crippen LogP contribution in [0.1, 0.15) is 26.5 Å². The minimum absolute atomic E-state index is 0.145. The summed E-state index contributed by atoms with van der Waals surface area (Å²) in [5.41, 5.74) is 0.881. The lowest BCUT2D eigenvalue weighted by Gasteiger charge is -1.99. The van der Waals surface area contributed by atoms with E-state index < -0.39 is 5.97 Å². The van der Waals surface area contributed by atoms with Crippen LogP contribution in [0.25, 0.3) is 5.82 Å². The molecule has 0 radical (unpaired) electrons. The Hall–Kier alpha value is -2.57. The normalized spacial score (nSPS) is 10.2.